The number of benzene rings is 16. The standard InChI is InChI=1S/C113H74N6/c1-73-33-9-2-10-34-74-35-23-28-52-96(74)112(73)97-53-29-24-50-90(97)92-67-61-83(71-101(92)112)85-69-94(84-62-68-93-91-51-27-32-56-100(91)113(102(93)72-84)98-54-30-25-48-88(98)89-49-26-31-55-99(89)113)106-95(70-85)103(77-57-63-86(64-58-77)118-107(78-40-15-5-16-41-78)104(75-36-11-3-12-37-75)116-110(118)81-44-19-7-20-45-81)114-109(115-106)80-59-65-87(66-60-80)119-108(79-42-17-6-18-43-79)105(76-38-13-4-14-39-76)117-111(119)82-46-21-8-22-47-82/h2-33,35-72H,1,34H2/b10-2-,33-9-. The van der Waals surface area contributed by atoms with Crippen molar-refractivity contribution in [1.29, 1.82) is 0 Å². The largest absolute Gasteiger partial charge is 0.292 e. The highest BCUT2D eigenvalue weighted by Gasteiger charge is 2.52. The zero-order chi connectivity index (χ0) is 78.7. The van der Waals surface area contributed by atoms with E-state index >= 15 is 0 Å². The molecule has 6 nitrogen and oxygen atoms in total. The minimum absolute atomic E-state index is 0.583. The Bertz CT molecular complexity index is 7280. The van der Waals surface area contributed by atoms with E-state index in [1.54, 1.807) is 0 Å². The maximum absolute atomic E-state index is 6.05. The minimum atomic E-state index is -0.718. The average Bonchev–Trinajstić information content (AvgIpc) is 1.51. The van der Waals surface area contributed by atoms with E-state index in [-0.39, 0.29) is 0 Å². The van der Waals surface area contributed by atoms with Crippen molar-refractivity contribution in [3.8, 4) is 157 Å². The fourth-order valence-corrected chi connectivity index (χ4v) is 19.9. The first kappa shape index (κ1) is 69.0. The molecule has 2 spiro atoms. The van der Waals surface area contributed by atoms with Crippen LogP contribution in [0.4, 0.5) is 0 Å². The summed E-state index contributed by atoms with van der Waals surface area (Å²) in [6, 6.07) is 146. The van der Waals surface area contributed by atoms with Gasteiger partial charge in [-0.3, -0.25) is 9.13 Å². The number of nitrogens with zero attached hydrogens (tertiary/aromatic N) is 6. The maximum atomic E-state index is 6.05. The van der Waals surface area contributed by atoms with Gasteiger partial charge in [-0.1, -0.05) is 371 Å². The van der Waals surface area contributed by atoms with Crippen LogP contribution in [-0.4, -0.2) is 29.1 Å². The van der Waals surface area contributed by atoms with Crippen molar-refractivity contribution in [2.24, 2.45) is 0 Å². The summed E-state index contributed by atoms with van der Waals surface area (Å²) in [5.74, 6) is 2.25. The quantitative estimate of drug-likeness (QED) is 0.122. The molecule has 3 heterocycles. The van der Waals surface area contributed by atoms with E-state index in [0.29, 0.717) is 5.82 Å². The molecule has 6 heteroatoms. The molecule has 23 rings (SSSR count). The molecular formula is C113H74N6. The van der Waals surface area contributed by atoms with Gasteiger partial charge in [-0.25, -0.2) is 19.9 Å². The molecule has 16 aromatic carbocycles. The van der Waals surface area contributed by atoms with Crippen molar-refractivity contribution in [3.63, 3.8) is 0 Å². The number of allylic oxidation sites excluding steroid dienone is 5. The lowest BCUT2D eigenvalue weighted by Gasteiger charge is -2.35. The number of fused-ring (bicyclic) bond motifs is 18. The molecular weight excluding hydrogens is 1440 g/mol. The van der Waals surface area contributed by atoms with Crippen LogP contribution < -0.4 is 0 Å². The molecule has 1 atom stereocenters. The monoisotopic (exact) mass is 1510 g/mol. The fourth-order valence-electron chi connectivity index (χ4n) is 19.9. The van der Waals surface area contributed by atoms with Crippen LogP contribution in [0.2, 0.25) is 0 Å². The van der Waals surface area contributed by atoms with Crippen LogP contribution in [0.1, 0.15) is 44.5 Å². The highest BCUT2D eigenvalue weighted by Crippen LogP contribution is 2.64. The van der Waals surface area contributed by atoms with Crippen molar-refractivity contribution < 1.29 is 0 Å². The first-order chi connectivity index (χ1) is 58.9. The summed E-state index contributed by atoms with van der Waals surface area (Å²) in [4.78, 5) is 23.3. The van der Waals surface area contributed by atoms with E-state index in [0.717, 1.165) is 141 Å². The molecule has 0 saturated carbocycles. The number of rotatable bonds is 12. The van der Waals surface area contributed by atoms with Gasteiger partial charge in [-0.2, -0.15) is 0 Å². The van der Waals surface area contributed by atoms with E-state index in [1.165, 1.54) is 77.9 Å². The normalized spacial score (nSPS) is 14.8. The van der Waals surface area contributed by atoms with Crippen LogP contribution in [-0.2, 0) is 17.3 Å². The third-order valence-corrected chi connectivity index (χ3v) is 25.1. The summed E-state index contributed by atoms with van der Waals surface area (Å²) in [5.41, 5.74) is 36.4. The van der Waals surface area contributed by atoms with E-state index < -0.39 is 10.8 Å². The third-order valence-electron chi connectivity index (χ3n) is 25.1. The van der Waals surface area contributed by atoms with Gasteiger partial charge in [0, 0.05) is 66.8 Å². The van der Waals surface area contributed by atoms with Crippen LogP contribution in [0, 0.1) is 0 Å². The molecule has 556 valence electrons. The molecule has 0 fully saturated rings. The predicted octanol–water partition coefficient (Wildman–Crippen LogP) is 27.6. The van der Waals surface area contributed by atoms with Crippen molar-refractivity contribution in [3.05, 3.63) is 481 Å². The molecule has 119 heavy (non-hydrogen) atoms. The highest BCUT2D eigenvalue weighted by molar-refractivity contribution is 6.06. The smallest absolute Gasteiger partial charge is 0.160 e. The summed E-state index contributed by atoms with van der Waals surface area (Å²) in [6.45, 7) is 5.07. The first-order valence-corrected chi connectivity index (χ1v) is 40.9. The molecule has 0 N–H and O–H groups in total. The van der Waals surface area contributed by atoms with Gasteiger partial charge in [-0.05, 0) is 167 Å². The lowest BCUT2D eigenvalue weighted by atomic mass is 9.66. The fraction of sp³-hybridized carbons (Fsp3) is 0.0265. The Morgan fingerprint density at radius 1 is 0.252 bits per heavy atom. The van der Waals surface area contributed by atoms with Gasteiger partial charge in [-0.15, -0.1) is 0 Å². The Balaban J connectivity index is 0.796. The number of imidazole rings is 2. The summed E-state index contributed by atoms with van der Waals surface area (Å²) in [7, 11) is 0. The molecule has 0 amide bonds. The number of hydrogen-bond acceptors (Lipinski definition) is 4. The Hall–Kier alpha value is -15.5. The number of aromatic nitrogens is 6. The summed E-state index contributed by atoms with van der Waals surface area (Å²) in [5, 5.41) is 0.904. The predicted molar refractivity (Wildman–Crippen MR) is 487 cm³/mol. The van der Waals surface area contributed by atoms with Gasteiger partial charge < -0.3 is 0 Å². The Morgan fingerprint density at radius 2 is 0.630 bits per heavy atom. The second-order valence-corrected chi connectivity index (χ2v) is 31.4. The second kappa shape index (κ2) is 27.9. The van der Waals surface area contributed by atoms with E-state index in [1.807, 2.05) is 0 Å². The van der Waals surface area contributed by atoms with Gasteiger partial charge in [0.15, 0.2) is 5.82 Å². The van der Waals surface area contributed by atoms with E-state index in [9.17, 15) is 0 Å². The van der Waals surface area contributed by atoms with Crippen molar-refractivity contribution in [1.82, 2.24) is 29.1 Å². The van der Waals surface area contributed by atoms with Crippen molar-refractivity contribution in [2.75, 3.05) is 0 Å². The van der Waals surface area contributed by atoms with Crippen LogP contribution in [0.15, 0.2) is 437 Å². The first-order valence-electron chi connectivity index (χ1n) is 40.9. The van der Waals surface area contributed by atoms with Crippen molar-refractivity contribution >= 4 is 10.9 Å². The minimum Gasteiger partial charge on any atom is -0.292 e. The third kappa shape index (κ3) is 10.8. The molecule has 1 unspecified atom stereocenters. The average molecular weight is 1520 g/mol. The van der Waals surface area contributed by atoms with E-state index in [4.69, 9.17) is 26.5 Å². The number of hydrogen-bond donors (Lipinski definition) is 0. The lowest BCUT2D eigenvalue weighted by Crippen LogP contribution is -2.30. The van der Waals surface area contributed by atoms with Crippen molar-refractivity contribution in [2.45, 2.75) is 17.3 Å². The lowest BCUT2D eigenvalue weighted by molar-refractivity contribution is 0.760. The van der Waals surface area contributed by atoms with Crippen LogP contribution in [0.25, 0.3) is 168 Å². The van der Waals surface area contributed by atoms with E-state index in [2.05, 4.69) is 434 Å². The van der Waals surface area contributed by atoms with Crippen LogP contribution in [0.3, 0.4) is 0 Å². The van der Waals surface area contributed by atoms with Gasteiger partial charge in [0.1, 0.15) is 11.6 Å². The molecule has 3 aromatic heterocycles. The molecule has 4 aliphatic carbocycles. The Kier molecular flexibility index (Phi) is 16.2. The molecule has 0 bridgehead atoms. The summed E-state index contributed by atoms with van der Waals surface area (Å²) in [6.07, 6.45) is 9.62. The SMILES string of the molecule is C=C1/C=C\C=C/Cc2ccccc2C12c1ccccc1-c1ccc(-c3cc(-c4ccc5c(c4)C4(c6ccccc6-c6ccccc64)c4ccccc4-5)c4nc(-c5ccc(-n6c(-c7ccccc7)nc(-c7ccccc7)c6-c6ccccc6)cc5)nc(-c5ccc(-n6c(-c7ccccc7)nc(-c7ccccc7)c6-c6ccccc6)cc5)c4c3)cc12. The topological polar surface area (TPSA) is 61.4 Å². The van der Waals surface area contributed by atoms with Gasteiger partial charge in [0.05, 0.1) is 44.8 Å². The molecule has 0 aliphatic heterocycles. The van der Waals surface area contributed by atoms with Gasteiger partial charge in [0.25, 0.3) is 0 Å². The van der Waals surface area contributed by atoms with Crippen LogP contribution >= 0.6 is 0 Å². The van der Waals surface area contributed by atoms with Gasteiger partial charge >= 0.3 is 0 Å². The van der Waals surface area contributed by atoms with Gasteiger partial charge in [0.2, 0.25) is 0 Å². The highest BCUT2D eigenvalue weighted by atomic mass is 15.1. The second-order valence-electron chi connectivity index (χ2n) is 31.4. The molecule has 0 radical (unpaired) electrons. The zero-order valence-electron chi connectivity index (χ0n) is 65.0. The zero-order valence-corrected chi connectivity index (χ0v) is 65.0. The molecule has 19 aromatic rings. The van der Waals surface area contributed by atoms with Crippen LogP contribution in [0.5, 0.6) is 0 Å². The summed E-state index contributed by atoms with van der Waals surface area (Å²) >= 11 is 0. The Labute approximate surface area is 691 Å². The molecule has 4 aliphatic rings. The Morgan fingerprint density at radius 3 is 1.13 bits per heavy atom. The maximum Gasteiger partial charge on any atom is 0.160 e. The molecule has 0 saturated heterocycles. The summed E-state index contributed by atoms with van der Waals surface area (Å²) < 4.78 is 4.66.